The van der Waals surface area contributed by atoms with Crippen molar-refractivity contribution in [3.05, 3.63) is 52.8 Å². The van der Waals surface area contributed by atoms with E-state index in [0.717, 1.165) is 0 Å². The summed E-state index contributed by atoms with van der Waals surface area (Å²) in [5.41, 5.74) is 7.57. The maximum atomic E-state index is 15.0. The van der Waals surface area contributed by atoms with Gasteiger partial charge in [0.25, 0.3) is 0 Å². The summed E-state index contributed by atoms with van der Waals surface area (Å²) >= 11 is 0. The van der Waals surface area contributed by atoms with Crippen LogP contribution in [0.15, 0.2) is 35.5 Å². The van der Waals surface area contributed by atoms with E-state index in [1.54, 1.807) is 29.8 Å². The first-order chi connectivity index (χ1) is 12.9. The van der Waals surface area contributed by atoms with Gasteiger partial charge in [0.1, 0.15) is 29.4 Å². The van der Waals surface area contributed by atoms with Crippen LogP contribution in [0.25, 0.3) is 27.8 Å². The Hall–Kier alpha value is -3.06. The van der Waals surface area contributed by atoms with E-state index in [9.17, 15) is 9.18 Å². The Balaban J connectivity index is 1.88. The molecule has 0 aliphatic carbocycles. The van der Waals surface area contributed by atoms with Gasteiger partial charge in [-0.1, -0.05) is 0 Å². The summed E-state index contributed by atoms with van der Waals surface area (Å²) in [5, 5.41) is 4.80. The number of rotatable bonds is 3. The van der Waals surface area contributed by atoms with Gasteiger partial charge >= 0.3 is 5.69 Å². The van der Waals surface area contributed by atoms with Crippen LogP contribution < -0.4 is 11.4 Å². The molecule has 3 aromatic heterocycles. The Bertz CT molecular complexity index is 1240. The molecule has 3 heterocycles. The van der Waals surface area contributed by atoms with Crippen molar-refractivity contribution < 1.29 is 4.39 Å². The van der Waals surface area contributed by atoms with Crippen molar-refractivity contribution in [1.82, 2.24) is 28.9 Å². The van der Waals surface area contributed by atoms with Gasteiger partial charge in [-0.05, 0) is 19.1 Å². The molecule has 1 aromatic carbocycles. The van der Waals surface area contributed by atoms with Crippen molar-refractivity contribution in [2.45, 2.75) is 13.2 Å². The number of anilines is 1. The summed E-state index contributed by atoms with van der Waals surface area (Å²) in [7, 11) is 4.28. The molecule has 0 saturated heterocycles. The zero-order valence-electron chi connectivity index (χ0n) is 14.7. The first-order valence-corrected chi connectivity index (χ1v) is 8.96. The summed E-state index contributed by atoms with van der Waals surface area (Å²) in [6.45, 7) is 1.73. The van der Waals surface area contributed by atoms with Crippen LogP contribution in [0.5, 0.6) is 0 Å². The first-order valence-electron chi connectivity index (χ1n) is 8.14. The van der Waals surface area contributed by atoms with E-state index in [-0.39, 0.29) is 11.5 Å². The van der Waals surface area contributed by atoms with Gasteiger partial charge in [-0.15, -0.1) is 9.24 Å². The molecule has 1 atom stereocenters. The van der Waals surface area contributed by atoms with Crippen LogP contribution in [0.2, 0.25) is 0 Å². The molecule has 0 saturated carbocycles. The lowest BCUT2D eigenvalue weighted by Crippen LogP contribution is -2.23. The number of aryl methyl sites for hydroxylation is 2. The van der Waals surface area contributed by atoms with Gasteiger partial charge in [0, 0.05) is 36.7 Å². The van der Waals surface area contributed by atoms with Crippen LogP contribution in [-0.4, -0.2) is 28.9 Å². The lowest BCUT2D eigenvalue weighted by atomic mass is 10.0. The molecule has 0 radical (unpaired) electrons. The third kappa shape index (κ3) is 2.62. The number of hydrogen-bond donors (Lipinski definition) is 1. The fourth-order valence-corrected chi connectivity index (χ4v) is 3.59. The molecule has 0 aliphatic rings. The molecular formula is C17H17FN7OP. The van der Waals surface area contributed by atoms with E-state index < -0.39 is 5.82 Å². The smallest absolute Gasteiger partial charge is 0.351 e. The number of nitrogen functional groups attached to an aromatic ring is 1. The van der Waals surface area contributed by atoms with Gasteiger partial charge in [0.15, 0.2) is 0 Å². The molecule has 0 spiro atoms. The quantitative estimate of drug-likeness (QED) is 0.543. The van der Waals surface area contributed by atoms with Crippen molar-refractivity contribution in [2.24, 2.45) is 7.05 Å². The average Bonchev–Trinajstić information content (AvgIpc) is 3.12. The minimum atomic E-state index is -0.492. The van der Waals surface area contributed by atoms with Crippen LogP contribution in [-0.2, 0) is 13.3 Å². The number of nitrogens with zero attached hydrogens (tertiary/aromatic N) is 6. The summed E-state index contributed by atoms with van der Waals surface area (Å²) in [6.07, 6.45) is 3.55. The molecule has 2 N–H and O–H groups in total. The minimum Gasteiger partial charge on any atom is -0.383 e. The van der Waals surface area contributed by atoms with Crippen LogP contribution >= 0.6 is 9.24 Å². The number of nitrogens with two attached hydrogens (primary N) is 1. The third-order valence-corrected chi connectivity index (χ3v) is 4.87. The van der Waals surface area contributed by atoms with Crippen LogP contribution in [0.3, 0.4) is 0 Å². The lowest BCUT2D eigenvalue weighted by Gasteiger charge is -2.06. The number of fused-ring (bicyclic) bond motifs is 1. The van der Waals surface area contributed by atoms with Gasteiger partial charge in [0.05, 0.1) is 11.1 Å². The van der Waals surface area contributed by atoms with E-state index >= 15 is 0 Å². The van der Waals surface area contributed by atoms with E-state index in [1.165, 1.54) is 21.6 Å². The SMILES string of the molecule is Cc1nn(-c2ccc(-c3cn(C)c4ncnc(N)c34)c(F)c2)c(=O)n1CP. The fourth-order valence-electron chi connectivity index (χ4n) is 3.17. The van der Waals surface area contributed by atoms with E-state index in [2.05, 4.69) is 24.3 Å². The molecule has 1 unspecified atom stereocenters. The summed E-state index contributed by atoms with van der Waals surface area (Å²) in [5.74, 6) is 0.344. The van der Waals surface area contributed by atoms with Crippen molar-refractivity contribution >= 4 is 26.1 Å². The second kappa shape index (κ2) is 6.28. The zero-order chi connectivity index (χ0) is 19.3. The fraction of sp³-hybridized carbons (Fsp3) is 0.176. The molecule has 0 fully saturated rings. The number of aromatic nitrogens is 6. The molecule has 27 heavy (non-hydrogen) atoms. The van der Waals surface area contributed by atoms with Crippen LogP contribution in [0.1, 0.15) is 5.82 Å². The number of benzene rings is 1. The molecule has 10 heteroatoms. The highest BCUT2D eigenvalue weighted by Gasteiger charge is 2.18. The normalized spacial score (nSPS) is 11.4. The molecule has 0 amide bonds. The summed E-state index contributed by atoms with van der Waals surface area (Å²) in [6, 6.07) is 4.54. The molecule has 0 aliphatic heterocycles. The largest absolute Gasteiger partial charge is 0.383 e. The Kier molecular flexibility index (Phi) is 4.04. The van der Waals surface area contributed by atoms with E-state index in [1.807, 2.05) is 7.05 Å². The molecule has 0 bridgehead atoms. The Morgan fingerprint density at radius 1 is 1.26 bits per heavy atom. The monoisotopic (exact) mass is 385 g/mol. The van der Waals surface area contributed by atoms with Crippen molar-refractivity contribution in [3.8, 4) is 16.8 Å². The van der Waals surface area contributed by atoms with Gasteiger partial charge < -0.3 is 10.3 Å². The Morgan fingerprint density at radius 3 is 2.70 bits per heavy atom. The Labute approximate surface area is 155 Å². The maximum absolute atomic E-state index is 15.0. The standard InChI is InChI=1S/C17H17FN7OP/c1-9-22-25(17(26)24(9)8-27)10-3-4-11(13(18)5-10)12-6-23(2)16-14(12)15(19)20-7-21-16/h3-7H,8,27H2,1-2H3,(H2,19,20,21). The predicted molar refractivity (Wildman–Crippen MR) is 104 cm³/mol. The molecule has 138 valence electrons. The second-order valence-corrected chi connectivity index (χ2v) is 6.49. The third-order valence-electron chi connectivity index (χ3n) is 4.50. The van der Waals surface area contributed by atoms with Crippen LogP contribution in [0, 0.1) is 12.7 Å². The molecule has 8 nitrogen and oxygen atoms in total. The van der Waals surface area contributed by atoms with E-state index in [0.29, 0.717) is 40.0 Å². The maximum Gasteiger partial charge on any atom is 0.351 e. The second-order valence-electron chi connectivity index (χ2n) is 6.13. The minimum absolute atomic E-state index is 0.283. The Morgan fingerprint density at radius 2 is 2.04 bits per heavy atom. The zero-order valence-corrected chi connectivity index (χ0v) is 15.9. The van der Waals surface area contributed by atoms with Gasteiger partial charge in [-0.3, -0.25) is 4.57 Å². The van der Waals surface area contributed by atoms with Crippen molar-refractivity contribution in [2.75, 3.05) is 5.73 Å². The number of halogens is 1. The van der Waals surface area contributed by atoms with Gasteiger partial charge in [-0.25, -0.2) is 19.2 Å². The topological polar surface area (TPSA) is 96.6 Å². The van der Waals surface area contributed by atoms with Gasteiger partial charge in [-0.2, -0.15) is 9.78 Å². The predicted octanol–water partition coefficient (Wildman–Crippen LogP) is 1.85. The van der Waals surface area contributed by atoms with Gasteiger partial charge in [0.2, 0.25) is 0 Å². The summed E-state index contributed by atoms with van der Waals surface area (Å²) in [4.78, 5) is 20.6. The lowest BCUT2D eigenvalue weighted by molar-refractivity contribution is 0.628. The summed E-state index contributed by atoms with van der Waals surface area (Å²) < 4.78 is 19.4. The van der Waals surface area contributed by atoms with Crippen LogP contribution in [0.4, 0.5) is 10.2 Å². The molecule has 4 rings (SSSR count). The molecule has 4 aromatic rings. The van der Waals surface area contributed by atoms with E-state index in [4.69, 9.17) is 5.73 Å². The molecular weight excluding hydrogens is 368 g/mol. The number of hydrogen-bond acceptors (Lipinski definition) is 5. The van der Waals surface area contributed by atoms with Crippen molar-refractivity contribution in [3.63, 3.8) is 0 Å². The average molecular weight is 385 g/mol. The highest BCUT2D eigenvalue weighted by atomic mass is 31.0. The van der Waals surface area contributed by atoms with Crippen molar-refractivity contribution in [1.29, 1.82) is 0 Å². The highest BCUT2D eigenvalue weighted by molar-refractivity contribution is 7.15. The highest BCUT2D eigenvalue weighted by Crippen LogP contribution is 2.34. The first kappa shape index (κ1) is 17.4.